The molecule has 106 valence electrons. The van der Waals surface area contributed by atoms with Gasteiger partial charge in [0.2, 0.25) is 5.91 Å². The summed E-state index contributed by atoms with van der Waals surface area (Å²) >= 11 is 0. The van der Waals surface area contributed by atoms with Gasteiger partial charge < -0.3 is 15.8 Å². The van der Waals surface area contributed by atoms with E-state index in [-0.39, 0.29) is 17.9 Å². The zero-order chi connectivity index (χ0) is 14.4. The number of hydrogen-bond donors (Lipinski definition) is 2. The van der Waals surface area contributed by atoms with Crippen LogP contribution in [0, 0.1) is 12.8 Å². The number of primary amides is 1. The van der Waals surface area contributed by atoms with Crippen LogP contribution in [-0.2, 0) is 4.79 Å². The summed E-state index contributed by atoms with van der Waals surface area (Å²) in [6, 6.07) is 6.28. The standard InChI is InChI=1S/C15H24N2O2/c1-5-17-12(4)13-8-10(2)6-7-14(13)19-9-11(3)15(16)18/h6-8,11-12,17H,5,9H2,1-4H3,(H2,16,18). The van der Waals surface area contributed by atoms with Gasteiger partial charge in [-0.2, -0.15) is 0 Å². The van der Waals surface area contributed by atoms with Gasteiger partial charge in [0, 0.05) is 11.6 Å². The van der Waals surface area contributed by atoms with Gasteiger partial charge >= 0.3 is 0 Å². The maximum absolute atomic E-state index is 11.0. The lowest BCUT2D eigenvalue weighted by atomic mass is 10.0. The van der Waals surface area contributed by atoms with E-state index >= 15 is 0 Å². The van der Waals surface area contributed by atoms with Crippen LogP contribution in [-0.4, -0.2) is 19.1 Å². The summed E-state index contributed by atoms with van der Waals surface area (Å²) in [6.07, 6.45) is 0. The monoisotopic (exact) mass is 264 g/mol. The highest BCUT2D eigenvalue weighted by Crippen LogP contribution is 2.26. The lowest BCUT2D eigenvalue weighted by Gasteiger charge is -2.19. The highest BCUT2D eigenvalue weighted by Gasteiger charge is 2.14. The molecule has 2 atom stereocenters. The number of carbonyl (C=O) groups excluding carboxylic acids is 1. The molecule has 19 heavy (non-hydrogen) atoms. The van der Waals surface area contributed by atoms with Crippen molar-refractivity contribution in [2.75, 3.05) is 13.2 Å². The average molecular weight is 264 g/mol. The van der Waals surface area contributed by atoms with Gasteiger partial charge in [0.25, 0.3) is 0 Å². The molecule has 1 aromatic carbocycles. The molecule has 0 aliphatic heterocycles. The quantitative estimate of drug-likeness (QED) is 0.793. The minimum absolute atomic E-state index is 0.212. The largest absolute Gasteiger partial charge is 0.492 e. The number of ether oxygens (including phenoxy) is 1. The van der Waals surface area contributed by atoms with Crippen molar-refractivity contribution in [3.63, 3.8) is 0 Å². The Labute approximate surface area is 115 Å². The third kappa shape index (κ3) is 4.56. The number of carbonyl (C=O) groups is 1. The van der Waals surface area contributed by atoms with E-state index in [1.165, 1.54) is 5.56 Å². The van der Waals surface area contributed by atoms with Crippen molar-refractivity contribution in [3.8, 4) is 5.75 Å². The second-order valence-electron chi connectivity index (χ2n) is 4.94. The Hall–Kier alpha value is -1.55. The van der Waals surface area contributed by atoms with Gasteiger partial charge in [0.1, 0.15) is 5.75 Å². The van der Waals surface area contributed by atoms with Gasteiger partial charge in [-0.25, -0.2) is 0 Å². The number of nitrogens with two attached hydrogens (primary N) is 1. The normalized spacial score (nSPS) is 13.9. The van der Waals surface area contributed by atoms with Crippen LogP contribution in [0.2, 0.25) is 0 Å². The number of nitrogens with one attached hydrogen (secondary N) is 1. The summed E-state index contributed by atoms with van der Waals surface area (Å²) in [5.41, 5.74) is 7.54. The summed E-state index contributed by atoms with van der Waals surface area (Å²) in [5, 5.41) is 3.37. The Morgan fingerprint density at radius 1 is 1.42 bits per heavy atom. The first-order valence-corrected chi connectivity index (χ1v) is 6.71. The topological polar surface area (TPSA) is 64.3 Å². The van der Waals surface area contributed by atoms with Crippen LogP contribution in [0.25, 0.3) is 0 Å². The number of rotatable bonds is 7. The van der Waals surface area contributed by atoms with Crippen LogP contribution < -0.4 is 15.8 Å². The van der Waals surface area contributed by atoms with E-state index in [1.54, 1.807) is 6.92 Å². The molecule has 0 heterocycles. The first kappa shape index (κ1) is 15.5. The fourth-order valence-electron chi connectivity index (χ4n) is 1.85. The molecule has 0 aromatic heterocycles. The van der Waals surface area contributed by atoms with Crippen molar-refractivity contribution in [1.82, 2.24) is 5.32 Å². The Morgan fingerprint density at radius 2 is 2.11 bits per heavy atom. The molecule has 2 unspecified atom stereocenters. The number of aryl methyl sites for hydroxylation is 1. The van der Waals surface area contributed by atoms with Crippen molar-refractivity contribution < 1.29 is 9.53 Å². The van der Waals surface area contributed by atoms with Crippen LogP contribution in [0.5, 0.6) is 5.75 Å². The Morgan fingerprint density at radius 3 is 2.68 bits per heavy atom. The molecule has 4 heteroatoms. The first-order chi connectivity index (χ1) is 8.95. The molecule has 3 N–H and O–H groups in total. The second-order valence-corrected chi connectivity index (χ2v) is 4.94. The molecular formula is C15H24N2O2. The SMILES string of the molecule is CCNC(C)c1cc(C)ccc1OCC(C)C(N)=O. The Balaban J connectivity index is 2.84. The maximum Gasteiger partial charge on any atom is 0.223 e. The Kier molecular flexibility index (Phi) is 5.83. The predicted molar refractivity (Wildman–Crippen MR) is 77.1 cm³/mol. The molecular weight excluding hydrogens is 240 g/mol. The van der Waals surface area contributed by atoms with Crippen LogP contribution in [0.1, 0.15) is 37.9 Å². The predicted octanol–water partition coefficient (Wildman–Crippen LogP) is 2.17. The van der Waals surface area contributed by atoms with E-state index < -0.39 is 0 Å². The van der Waals surface area contributed by atoms with Crippen molar-refractivity contribution in [3.05, 3.63) is 29.3 Å². The van der Waals surface area contributed by atoms with Gasteiger partial charge in [-0.1, -0.05) is 31.5 Å². The van der Waals surface area contributed by atoms with E-state index in [1.807, 2.05) is 12.1 Å². The van der Waals surface area contributed by atoms with Gasteiger partial charge in [0.05, 0.1) is 12.5 Å². The average Bonchev–Trinajstić information content (AvgIpc) is 2.36. The summed E-state index contributed by atoms with van der Waals surface area (Å²) in [5.74, 6) is 0.184. The lowest BCUT2D eigenvalue weighted by Crippen LogP contribution is -2.26. The van der Waals surface area contributed by atoms with Crippen molar-refractivity contribution in [2.45, 2.75) is 33.7 Å². The number of hydrogen-bond acceptors (Lipinski definition) is 3. The van der Waals surface area contributed by atoms with Gasteiger partial charge in [-0.3, -0.25) is 4.79 Å². The second kappa shape index (κ2) is 7.14. The molecule has 0 aliphatic carbocycles. The summed E-state index contributed by atoms with van der Waals surface area (Å²) in [7, 11) is 0. The van der Waals surface area contributed by atoms with E-state index in [0.717, 1.165) is 17.9 Å². The van der Waals surface area contributed by atoms with Crippen LogP contribution in [0.3, 0.4) is 0 Å². The molecule has 1 rings (SSSR count). The third-order valence-corrected chi connectivity index (χ3v) is 3.12. The summed E-state index contributed by atoms with van der Waals surface area (Å²) < 4.78 is 5.74. The number of amides is 1. The fraction of sp³-hybridized carbons (Fsp3) is 0.533. The van der Waals surface area contributed by atoms with Gasteiger partial charge in [-0.15, -0.1) is 0 Å². The van der Waals surface area contributed by atoms with Crippen LogP contribution >= 0.6 is 0 Å². The molecule has 4 nitrogen and oxygen atoms in total. The van der Waals surface area contributed by atoms with E-state index in [9.17, 15) is 4.79 Å². The van der Waals surface area contributed by atoms with Crippen LogP contribution in [0.15, 0.2) is 18.2 Å². The van der Waals surface area contributed by atoms with Crippen molar-refractivity contribution in [2.24, 2.45) is 11.7 Å². The minimum atomic E-state index is -0.339. The molecule has 1 aromatic rings. The molecule has 0 radical (unpaired) electrons. The highest BCUT2D eigenvalue weighted by atomic mass is 16.5. The molecule has 0 saturated carbocycles. The summed E-state index contributed by atoms with van der Waals surface area (Å²) in [4.78, 5) is 11.0. The van der Waals surface area contributed by atoms with Gasteiger partial charge in [0.15, 0.2) is 0 Å². The third-order valence-electron chi connectivity index (χ3n) is 3.12. The smallest absolute Gasteiger partial charge is 0.223 e. The first-order valence-electron chi connectivity index (χ1n) is 6.71. The molecule has 0 fully saturated rings. The zero-order valence-corrected chi connectivity index (χ0v) is 12.2. The highest BCUT2D eigenvalue weighted by molar-refractivity contribution is 5.76. The fourth-order valence-corrected chi connectivity index (χ4v) is 1.85. The van der Waals surface area contributed by atoms with Crippen molar-refractivity contribution in [1.29, 1.82) is 0 Å². The van der Waals surface area contributed by atoms with E-state index in [2.05, 4.69) is 32.2 Å². The number of benzene rings is 1. The van der Waals surface area contributed by atoms with Crippen molar-refractivity contribution >= 4 is 5.91 Å². The van der Waals surface area contributed by atoms with Crippen LogP contribution in [0.4, 0.5) is 0 Å². The molecule has 0 aliphatic rings. The molecule has 0 saturated heterocycles. The van der Waals surface area contributed by atoms with Gasteiger partial charge in [-0.05, 0) is 26.5 Å². The maximum atomic E-state index is 11.0. The Bertz CT molecular complexity index is 432. The van der Waals surface area contributed by atoms with E-state index in [4.69, 9.17) is 10.5 Å². The lowest BCUT2D eigenvalue weighted by molar-refractivity contribution is -0.122. The molecule has 1 amide bonds. The zero-order valence-electron chi connectivity index (χ0n) is 12.2. The van der Waals surface area contributed by atoms with E-state index in [0.29, 0.717) is 6.61 Å². The minimum Gasteiger partial charge on any atom is -0.492 e. The summed E-state index contributed by atoms with van der Waals surface area (Å²) in [6.45, 7) is 9.20. The molecule has 0 bridgehead atoms. The molecule has 0 spiro atoms.